The lowest BCUT2D eigenvalue weighted by molar-refractivity contribution is -0.161. The monoisotopic (exact) mass is 274 g/mol. The maximum Gasteiger partial charge on any atom is 0.204 e. The lowest BCUT2D eigenvalue weighted by Gasteiger charge is -2.38. The molecule has 3 N–H and O–H groups in total. The number of hydrogen-bond acceptors (Lipinski definition) is 5. The summed E-state index contributed by atoms with van der Waals surface area (Å²) in [6.07, 6.45) is 2.00. The number of nitrogens with one attached hydrogen (secondary N) is 1. The van der Waals surface area contributed by atoms with Gasteiger partial charge in [-0.25, -0.2) is 4.98 Å². The minimum atomic E-state index is -0.434. The van der Waals surface area contributed by atoms with Crippen LogP contribution in [0.25, 0.3) is 11.0 Å². The second-order valence-electron chi connectivity index (χ2n) is 5.47. The normalized spacial score (nSPS) is 21.9. The lowest BCUT2D eigenvalue weighted by atomic mass is 10.1. The Kier molecular flexibility index (Phi) is 2.61. The van der Waals surface area contributed by atoms with Crippen molar-refractivity contribution >= 4 is 22.7 Å². The molecular weight excluding hydrogens is 256 g/mol. The first-order valence-electron chi connectivity index (χ1n) is 7.02. The number of ether oxygens (including phenoxy) is 2. The van der Waals surface area contributed by atoms with Gasteiger partial charge in [-0.1, -0.05) is 0 Å². The van der Waals surface area contributed by atoms with E-state index in [0.29, 0.717) is 13.2 Å². The van der Waals surface area contributed by atoms with Gasteiger partial charge in [0.2, 0.25) is 5.95 Å². The minimum Gasteiger partial charge on any atom is -0.399 e. The van der Waals surface area contributed by atoms with Crippen molar-refractivity contribution in [3.8, 4) is 0 Å². The van der Waals surface area contributed by atoms with Crippen LogP contribution in [0.3, 0.4) is 0 Å². The number of imidazole rings is 1. The Bertz CT molecular complexity index is 633. The number of anilines is 2. The Morgan fingerprint density at radius 2 is 2.15 bits per heavy atom. The molecule has 1 spiro atoms. The number of aromatic amines is 1. The lowest BCUT2D eigenvalue weighted by Crippen LogP contribution is -2.49. The van der Waals surface area contributed by atoms with Gasteiger partial charge in [-0.2, -0.15) is 0 Å². The number of aromatic nitrogens is 2. The highest BCUT2D eigenvalue weighted by Crippen LogP contribution is 2.32. The Labute approximate surface area is 116 Å². The molecule has 0 bridgehead atoms. The van der Waals surface area contributed by atoms with E-state index in [1.54, 1.807) is 0 Å². The molecule has 6 heteroatoms. The third-order valence-corrected chi connectivity index (χ3v) is 4.03. The smallest absolute Gasteiger partial charge is 0.204 e. The Morgan fingerprint density at radius 1 is 1.30 bits per heavy atom. The molecule has 0 radical (unpaired) electrons. The summed E-state index contributed by atoms with van der Waals surface area (Å²) in [4.78, 5) is 10.2. The predicted octanol–water partition coefficient (Wildman–Crippen LogP) is 1.49. The van der Waals surface area contributed by atoms with Crippen molar-refractivity contribution in [2.24, 2.45) is 0 Å². The van der Waals surface area contributed by atoms with Crippen LogP contribution in [-0.4, -0.2) is 42.1 Å². The van der Waals surface area contributed by atoms with Crippen LogP contribution in [0.1, 0.15) is 12.8 Å². The van der Waals surface area contributed by atoms with Gasteiger partial charge in [0.15, 0.2) is 5.79 Å². The van der Waals surface area contributed by atoms with E-state index in [2.05, 4.69) is 14.9 Å². The molecule has 0 atom stereocenters. The Morgan fingerprint density at radius 3 is 3.00 bits per heavy atom. The van der Waals surface area contributed by atoms with Crippen LogP contribution < -0.4 is 10.6 Å². The Hall–Kier alpha value is -1.79. The van der Waals surface area contributed by atoms with Gasteiger partial charge in [0, 0.05) is 18.7 Å². The van der Waals surface area contributed by atoms with Crippen LogP contribution >= 0.6 is 0 Å². The van der Waals surface area contributed by atoms with E-state index in [1.165, 1.54) is 0 Å². The topological polar surface area (TPSA) is 76.4 Å². The van der Waals surface area contributed by atoms with Crippen molar-refractivity contribution in [2.45, 2.75) is 18.6 Å². The Balaban J connectivity index is 1.64. The molecule has 3 heterocycles. The van der Waals surface area contributed by atoms with E-state index in [4.69, 9.17) is 15.2 Å². The fourth-order valence-electron chi connectivity index (χ4n) is 3.06. The summed E-state index contributed by atoms with van der Waals surface area (Å²) < 4.78 is 11.6. The highest BCUT2D eigenvalue weighted by molar-refractivity contribution is 5.80. The minimum absolute atomic E-state index is 0.434. The van der Waals surface area contributed by atoms with Gasteiger partial charge in [-0.05, 0) is 24.6 Å². The van der Waals surface area contributed by atoms with E-state index >= 15 is 0 Å². The van der Waals surface area contributed by atoms with E-state index in [-0.39, 0.29) is 0 Å². The van der Waals surface area contributed by atoms with Crippen molar-refractivity contribution in [3.05, 3.63) is 18.2 Å². The summed E-state index contributed by atoms with van der Waals surface area (Å²) in [6.45, 7) is 3.06. The maximum absolute atomic E-state index is 5.80. The molecule has 1 aromatic carbocycles. The van der Waals surface area contributed by atoms with E-state index < -0.39 is 5.79 Å². The summed E-state index contributed by atoms with van der Waals surface area (Å²) >= 11 is 0. The van der Waals surface area contributed by atoms with Crippen molar-refractivity contribution in [1.82, 2.24) is 9.97 Å². The van der Waals surface area contributed by atoms with Gasteiger partial charge < -0.3 is 25.1 Å². The van der Waals surface area contributed by atoms with Gasteiger partial charge in [0.1, 0.15) is 0 Å². The van der Waals surface area contributed by atoms with Crippen LogP contribution in [-0.2, 0) is 9.47 Å². The van der Waals surface area contributed by atoms with Crippen molar-refractivity contribution in [1.29, 1.82) is 0 Å². The molecule has 106 valence electrons. The van der Waals surface area contributed by atoms with Gasteiger partial charge in [-0.15, -0.1) is 0 Å². The SMILES string of the molecule is Nc1ccc2[nH]c(N3CCCC4(C3)OCCO4)nc2c1. The molecular formula is C14H18N4O2. The zero-order chi connectivity index (χ0) is 13.6. The molecule has 0 amide bonds. The molecule has 2 saturated heterocycles. The van der Waals surface area contributed by atoms with Crippen LogP contribution in [0.5, 0.6) is 0 Å². The molecule has 2 aromatic rings. The third kappa shape index (κ3) is 1.92. The van der Waals surface area contributed by atoms with Crippen LogP contribution in [0.4, 0.5) is 11.6 Å². The molecule has 6 nitrogen and oxygen atoms in total. The third-order valence-electron chi connectivity index (χ3n) is 4.03. The first-order chi connectivity index (χ1) is 9.74. The fourth-order valence-corrected chi connectivity index (χ4v) is 3.06. The molecule has 2 aliphatic heterocycles. The van der Waals surface area contributed by atoms with Crippen molar-refractivity contribution in [3.63, 3.8) is 0 Å². The first kappa shape index (κ1) is 12.0. The summed E-state index contributed by atoms with van der Waals surface area (Å²) in [7, 11) is 0. The molecule has 0 aliphatic carbocycles. The molecule has 1 aromatic heterocycles. The van der Waals surface area contributed by atoms with E-state index in [0.717, 1.165) is 48.6 Å². The van der Waals surface area contributed by atoms with Crippen molar-refractivity contribution < 1.29 is 9.47 Å². The zero-order valence-corrected chi connectivity index (χ0v) is 11.3. The number of rotatable bonds is 1. The zero-order valence-electron chi connectivity index (χ0n) is 11.3. The number of benzene rings is 1. The standard InChI is InChI=1S/C14H18N4O2/c15-10-2-3-11-12(8-10)17-13(16-11)18-5-1-4-14(9-18)19-6-7-20-14/h2-3,8H,1,4-7,9,15H2,(H,16,17). The van der Waals surface area contributed by atoms with Gasteiger partial charge in [0.25, 0.3) is 0 Å². The summed E-state index contributed by atoms with van der Waals surface area (Å²) in [5.74, 6) is 0.430. The summed E-state index contributed by atoms with van der Waals surface area (Å²) in [5.41, 5.74) is 8.43. The highest BCUT2D eigenvalue weighted by Gasteiger charge is 2.41. The number of nitrogens with two attached hydrogens (primary N) is 1. The number of nitrogen functional groups attached to an aromatic ring is 1. The fraction of sp³-hybridized carbons (Fsp3) is 0.500. The molecule has 0 unspecified atom stereocenters. The summed E-state index contributed by atoms with van der Waals surface area (Å²) in [6, 6.07) is 5.73. The van der Waals surface area contributed by atoms with Crippen molar-refractivity contribution in [2.75, 3.05) is 36.9 Å². The van der Waals surface area contributed by atoms with Crippen LogP contribution in [0.2, 0.25) is 0 Å². The molecule has 2 fully saturated rings. The molecule has 4 rings (SSSR count). The van der Waals surface area contributed by atoms with Crippen LogP contribution in [0.15, 0.2) is 18.2 Å². The highest BCUT2D eigenvalue weighted by atomic mass is 16.7. The van der Waals surface area contributed by atoms with Crippen LogP contribution in [0, 0.1) is 0 Å². The van der Waals surface area contributed by atoms with E-state index in [9.17, 15) is 0 Å². The molecule has 0 saturated carbocycles. The first-order valence-corrected chi connectivity index (χ1v) is 7.02. The summed E-state index contributed by atoms with van der Waals surface area (Å²) in [5, 5.41) is 0. The van der Waals surface area contributed by atoms with Gasteiger partial charge in [0.05, 0.1) is 30.8 Å². The van der Waals surface area contributed by atoms with E-state index in [1.807, 2.05) is 18.2 Å². The average molecular weight is 274 g/mol. The number of nitrogens with zero attached hydrogens (tertiary/aromatic N) is 2. The predicted molar refractivity (Wildman–Crippen MR) is 76.6 cm³/mol. The van der Waals surface area contributed by atoms with Gasteiger partial charge in [-0.3, -0.25) is 0 Å². The quantitative estimate of drug-likeness (QED) is 0.770. The maximum atomic E-state index is 5.80. The number of piperidine rings is 1. The number of fused-ring (bicyclic) bond motifs is 1. The average Bonchev–Trinajstić information content (AvgIpc) is 3.05. The number of hydrogen-bond donors (Lipinski definition) is 2. The number of H-pyrrole nitrogens is 1. The van der Waals surface area contributed by atoms with Gasteiger partial charge >= 0.3 is 0 Å². The molecule has 20 heavy (non-hydrogen) atoms. The second-order valence-corrected chi connectivity index (χ2v) is 5.47. The largest absolute Gasteiger partial charge is 0.399 e. The molecule has 2 aliphatic rings. The second kappa shape index (κ2) is 4.36.